The van der Waals surface area contributed by atoms with Gasteiger partial charge in [0.1, 0.15) is 6.10 Å². The Kier molecular flexibility index (Phi) is 7.63. The number of nitrogens with one attached hydrogen (secondary N) is 1. The van der Waals surface area contributed by atoms with Crippen molar-refractivity contribution in [3.05, 3.63) is 0 Å². The van der Waals surface area contributed by atoms with E-state index in [0.717, 1.165) is 19.3 Å². The van der Waals surface area contributed by atoms with E-state index in [2.05, 4.69) is 17.0 Å². The van der Waals surface area contributed by atoms with Crippen LogP contribution in [-0.4, -0.2) is 58.2 Å². The fraction of sp³-hybridized carbons (Fsp3) is 0.857. The zero-order chi connectivity index (χ0) is 15.8. The highest BCUT2D eigenvalue weighted by Crippen LogP contribution is 2.19. The van der Waals surface area contributed by atoms with Gasteiger partial charge in [-0.25, -0.2) is 4.79 Å². The Morgan fingerprint density at radius 3 is 2.43 bits per heavy atom. The summed E-state index contributed by atoms with van der Waals surface area (Å²) in [4.78, 5) is 22.7. The summed E-state index contributed by atoms with van der Waals surface area (Å²) in [6.45, 7) is 2.56. The van der Waals surface area contributed by atoms with Crippen LogP contribution in [0, 0.1) is 0 Å². The number of rotatable bonds is 9. The van der Waals surface area contributed by atoms with Crippen LogP contribution in [0.4, 0.5) is 0 Å². The maximum Gasteiger partial charge on any atom is 0.338 e. The molecule has 0 radical (unpaired) electrons. The van der Waals surface area contributed by atoms with Crippen LogP contribution >= 0.6 is 0 Å². The third kappa shape index (κ3) is 5.26. The van der Waals surface area contributed by atoms with Gasteiger partial charge in [0.2, 0.25) is 0 Å². The molecule has 0 aromatic rings. The number of unbranched alkanes of at least 4 members (excludes halogenated alkanes) is 5. The summed E-state index contributed by atoms with van der Waals surface area (Å²) in [5.74, 6) is -1.75. The molecule has 1 rings (SSSR count). The Bertz CT molecular complexity index is 348. The lowest BCUT2D eigenvalue weighted by Crippen LogP contribution is -2.47. The highest BCUT2D eigenvalue weighted by Gasteiger charge is 2.48. The standard InChI is InChI=1S/C14H25NO6/c1-2-3-4-5-6-7-8-15-13(19)11(18)12-9(16)10(17)14(20)21-12/h9-12,16-18H,2-8H2,1H3,(H,15,19)/t9-,10+,11+,12-/m1/s1. The first-order chi connectivity index (χ1) is 9.99. The fourth-order valence-electron chi connectivity index (χ4n) is 2.21. The molecule has 0 aromatic carbocycles. The molecule has 0 bridgehead atoms. The normalized spacial score (nSPS) is 26.5. The van der Waals surface area contributed by atoms with E-state index in [1.807, 2.05) is 0 Å². The number of cyclic esters (lactones) is 1. The predicted octanol–water partition coefficient (Wildman–Crippen LogP) is -0.529. The van der Waals surface area contributed by atoms with Crippen LogP contribution in [0.1, 0.15) is 45.4 Å². The van der Waals surface area contributed by atoms with Crippen molar-refractivity contribution in [3.8, 4) is 0 Å². The molecular formula is C14H25NO6. The van der Waals surface area contributed by atoms with E-state index >= 15 is 0 Å². The second-order valence-corrected chi connectivity index (χ2v) is 5.34. The van der Waals surface area contributed by atoms with Crippen molar-refractivity contribution in [1.29, 1.82) is 0 Å². The van der Waals surface area contributed by atoms with Gasteiger partial charge < -0.3 is 25.4 Å². The highest BCUT2D eigenvalue weighted by atomic mass is 16.6. The molecule has 0 saturated carbocycles. The number of carbonyl (C=O) groups is 2. The van der Waals surface area contributed by atoms with Gasteiger partial charge in [-0.2, -0.15) is 0 Å². The summed E-state index contributed by atoms with van der Waals surface area (Å²) in [5, 5.41) is 31.0. The maximum atomic E-state index is 11.7. The molecule has 0 unspecified atom stereocenters. The van der Waals surface area contributed by atoms with Crippen LogP contribution in [0.2, 0.25) is 0 Å². The lowest BCUT2D eigenvalue weighted by Gasteiger charge is -2.19. The van der Waals surface area contributed by atoms with Gasteiger partial charge in [-0.05, 0) is 6.42 Å². The monoisotopic (exact) mass is 303 g/mol. The first-order valence-electron chi connectivity index (χ1n) is 7.51. The van der Waals surface area contributed by atoms with Crippen molar-refractivity contribution < 1.29 is 29.6 Å². The SMILES string of the molecule is CCCCCCCCNC(=O)[C@@H](O)[C@@H]1OC(=O)[C@@H](O)[C@H]1O. The number of carbonyl (C=O) groups excluding carboxylic acids is 2. The van der Waals surface area contributed by atoms with E-state index in [4.69, 9.17) is 0 Å². The zero-order valence-electron chi connectivity index (χ0n) is 12.3. The van der Waals surface area contributed by atoms with E-state index in [9.17, 15) is 24.9 Å². The van der Waals surface area contributed by atoms with Gasteiger partial charge in [-0.3, -0.25) is 4.79 Å². The molecule has 1 fully saturated rings. The molecule has 0 aliphatic carbocycles. The third-order valence-corrected chi connectivity index (χ3v) is 3.56. The first-order valence-corrected chi connectivity index (χ1v) is 7.51. The number of amides is 1. The summed E-state index contributed by atoms with van der Waals surface area (Å²) in [5.41, 5.74) is 0. The van der Waals surface area contributed by atoms with E-state index in [0.29, 0.717) is 6.54 Å². The van der Waals surface area contributed by atoms with Gasteiger partial charge in [0, 0.05) is 6.54 Å². The van der Waals surface area contributed by atoms with Crippen LogP contribution in [0.25, 0.3) is 0 Å². The van der Waals surface area contributed by atoms with E-state index in [1.165, 1.54) is 19.3 Å². The minimum atomic E-state index is -1.71. The topological polar surface area (TPSA) is 116 Å². The molecule has 1 saturated heterocycles. The van der Waals surface area contributed by atoms with E-state index in [1.54, 1.807) is 0 Å². The van der Waals surface area contributed by atoms with Crippen LogP contribution in [-0.2, 0) is 14.3 Å². The van der Waals surface area contributed by atoms with Crippen LogP contribution in [0.5, 0.6) is 0 Å². The lowest BCUT2D eigenvalue weighted by molar-refractivity contribution is -0.153. The molecule has 7 heteroatoms. The Balaban J connectivity index is 2.21. The highest BCUT2D eigenvalue weighted by molar-refractivity contribution is 5.84. The number of ether oxygens (including phenoxy) is 1. The summed E-state index contributed by atoms with van der Waals surface area (Å²) in [7, 11) is 0. The molecule has 1 heterocycles. The second-order valence-electron chi connectivity index (χ2n) is 5.34. The van der Waals surface area contributed by atoms with Crippen molar-refractivity contribution in [2.45, 2.75) is 69.9 Å². The van der Waals surface area contributed by atoms with E-state index < -0.39 is 36.3 Å². The Morgan fingerprint density at radius 2 is 1.86 bits per heavy atom. The Morgan fingerprint density at radius 1 is 1.24 bits per heavy atom. The lowest BCUT2D eigenvalue weighted by atomic mass is 10.1. The summed E-state index contributed by atoms with van der Waals surface area (Å²) >= 11 is 0. The van der Waals surface area contributed by atoms with Gasteiger partial charge in [0.15, 0.2) is 18.3 Å². The number of aliphatic hydroxyl groups is 3. The van der Waals surface area contributed by atoms with Gasteiger partial charge in [-0.1, -0.05) is 39.0 Å². The largest absolute Gasteiger partial charge is 0.454 e. The summed E-state index contributed by atoms with van der Waals surface area (Å²) < 4.78 is 4.59. The van der Waals surface area contributed by atoms with Crippen LogP contribution < -0.4 is 5.32 Å². The molecule has 4 N–H and O–H groups in total. The molecule has 1 aliphatic rings. The Hall–Kier alpha value is -1.18. The van der Waals surface area contributed by atoms with Gasteiger partial charge in [-0.15, -0.1) is 0 Å². The zero-order valence-corrected chi connectivity index (χ0v) is 12.3. The number of esters is 1. The minimum Gasteiger partial charge on any atom is -0.454 e. The van der Waals surface area contributed by atoms with Crippen molar-refractivity contribution in [1.82, 2.24) is 5.32 Å². The number of hydrogen-bond donors (Lipinski definition) is 4. The molecular weight excluding hydrogens is 278 g/mol. The van der Waals surface area contributed by atoms with Crippen molar-refractivity contribution >= 4 is 11.9 Å². The summed E-state index contributed by atoms with van der Waals surface area (Å²) in [6.07, 6.45) is 0.0670. The fourth-order valence-corrected chi connectivity index (χ4v) is 2.21. The smallest absolute Gasteiger partial charge is 0.338 e. The van der Waals surface area contributed by atoms with Crippen molar-refractivity contribution in [2.75, 3.05) is 6.54 Å². The maximum absolute atomic E-state index is 11.7. The van der Waals surface area contributed by atoms with Gasteiger partial charge in [0.05, 0.1) is 0 Å². The molecule has 1 amide bonds. The molecule has 1 aliphatic heterocycles. The van der Waals surface area contributed by atoms with Gasteiger partial charge in [0.25, 0.3) is 5.91 Å². The quantitative estimate of drug-likeness (QED) is 0.336. The number of aliphatic hydroxyl groups excluding tert-OH is 3. The first kappa shape index (κ1) is 17.9. The average Bonchev–Trinajstić information content (AvgIpc) is 2.73. The van der Waals surface area contributed by atoms with E-state index in [-0.39, 0.29) is 0 Å². The minimum absolute atomic E-state index is 0.418. The van der Waals surface area contributed by atoms with Crippen molar-refractivity contribution in [3.63, 3.8) is 0 Å². The van der Waals surface area contributed by atoms with Gasteiger partial charge >= 0.3 is 5.97 Å². The third-order valence-electron chi connectivity index (χ3n) is 3.56. The second kappa shape index (κ2) is 8.96. The average molecular weight is 303 g/mol. The summed E-state index contributed by atoms with van der Waals surface area (Å²) in [6, 6.07) is 0. The molecule has 0 aromatic heterocycles. The van der Waals surface area contributed by atoms with Crippen LogP contribution in [0.15, 0.2) is 0 Å². The number of hydrogen-bond acceptors (Lipinski definition) is 6. The van der Waals surface area contributed by atoms with Crippen molar-refractivity contribution in [2.24, 2.45) is 0 Å². The molecule has 7 nitrogen and oxygen atoms in total. The predicted molar refractivity (Wildman–Crippen MR) is 74.3 cm³/mol. The Labute approximate surface area is 124 Å². The molecule has 21 heavy (non-hydrogen) atoms. The van der Waals surface area contributed by atoms with Crippen LogP contribution in [0.3, 0.4) is 0 Å². The molecule has 0 spiro atoms. The molecule has 4 atom stereocenters. The molecule has 122 valence electrons.